The number of hydrogen-bond donors (Lipinski definition) is 3. The number of ketones is 1. The molecule has 3 aromatic carbocycles. The minimum Gasteiger partial charge on any atom is -0.478 e. The molecule has 3 N–H and O–H groups in total. The van der Waals surface area contributed by atoms with Gasteiger partial charge in [-0.1, -0.05) is 30.3 Å². The quantitative estimate of drug-likeness (QED) is 0.262. The molecule has 0 radical (unpaired) electrons. The fourth-order valence-corrected chi connectivity index (χ4v) is 3.61. The van der Waals surface area contributed by atoms with E-state index in [1.165, 1.54) is 54.6 Å². The van der Waals surface area contributed by atoms with Crippen LogP contribution in [0.4, 0.5) is 20.6 Å². The zero-order valence-corrected chi connectivity index (χ0v) is 22.1. The number of carbonyl (C=O) groups excluding carboxylic acids is 4. The number of carboxylic acid groups (broad SMARTS) is 1. The summed E-state index contributed by atoms with van der Waals surface area (Å²) in [5.41, 5.74) is -0.893. The smallest absolute Gasteiger partial charge is 0.335 e. The molecular formula is C29H28FN3O7. The zero-order chi connectivity index (χ0) is 29.4. The van der Waals surface area contributed by atoms with Crippen molar-refractivity contribution in [2.24, 2.45) is 0 Å². The van der Waals surface area contributed by atoms with Gasteiger partial charge in [-0.05, 0) is 63.2 Å². The molecule has 0 aliphatic carbocycles. The highest BCUT2D eigenvalue weighted by atomic mass is 19.1. The third-order valence-corrected chi connectivity index (χ3v) is 5.29. The molecule has 3 amide bonds. The minimum absolute atomic E-state index is 0.0228. The summed E-state index contributed by atoms with van der Waals surface area (Å²) in [7, 11) is 0. The highest BCUT2D eigenvalue weighted by molar-refractivity contribution is 6.14. The molecule has 0 fully saturated rings. The van der Waals surface area contributed by atoms with E-state index in [-0.39, 0.29) is 28.1 Å². The van der Waals surface area contributed by atoms with Crippen molar-refractivity contribution in [1.29, 1.82) is 0 Å². The van der Waals surface area contributed by atoms with Crippen LogP contribution in [-0.4, -0.2) is 58.4 Å². The topological polar surface area (TPSA) is 142 Å². The number of esters is 1. The largest absolute Gasteiger partial charge is 0.478 e. The highest BCUT2D eigenvalue weighted by Gasteiger charge is 2.25. The number of anilines is 2. The molecular weight excluding hydrogens is 521 g/mol. The van der Waals surface area contributed by atoms with Crippen LogP contribution in [0.25, 0.3) is 0 Å². The standard InChI is InChI=1S/C29H28FN3O7/c1-29(2,3)40-25(35)17-33(28(39)31-19-10-8-9-18(15-19)27(37)38)16-24(34)32-23-14-7-5-12-21(23)26(36)20-11-4-6-13-22(20)30/h4-15H,16-17H2,1-3H3,(H,31,39)(H,32,34)(H,37,38). The lowest BCUT2D eigenvalue weighted by Crippen LogP contribution is -2.45. The third kappa shape index (κ3) is 8.22. The summed E-state index contributed by atoms with van der Waals surface area (Å²) in [5.74, 6) is -4.13. The Kier molecular flexibility index (Phi) is 9.33. The molecule has 0 spiro atoms. The molecule has 0 saturated heterocycles. The van der Waals surface area contributed by atoms with Crippen molar-refractivity contribution in [3.05, 3.63) is 95.3 Å². The Morgan fingerprint density at radius 3 is 2.15 bits per heavy atom. The minimum atomic E-state index is -1.20. The number of nitrogens with one attached hydrogen (secondary N) is 2. The van der Waals surface area contributed by atoms with Crippen LogP contribution in [0.3, 0.4) is 0 Å². The van der Waals surface area contributed by atoms with E-state index in [0.717, 1.165) is 11.0 Å². The Bertz CT molecular complexity index is 1450. The van der Waals surface area contributed by atoms with E-state index in [1.54, 1.807) is 32.9 Å². The Morgan fingerprint density at radius 1 is 0.850 bits per heavy atom. The van der Waals surface area contributed by atoms with Crippen molar-refractivity contribution >= 4 is 41.0 Å². The molecule has 0 aliphatic rings. The Balaban J connectivity index is 1.82. The van der Waals surface area contributed by atoms with E-state index >= 15 is 0 Å². The van der Waals surface area contributed by atoms with Crippen LogP contribution < -0.4 is 10.6 Å². The summed E-state index contributed by atoms with van der Waals surface area (Å²) >= 11 is 0. The SMILES string of the molecule is CC(C)(C)OC(=O)CN(CC(=O)Nc1ccccc1C(=O)c1ccccc1F)C(=O)Nc1cccc(C(=O)O)c1. The highest BCUT2D eigenvalue weighted by Crippen LogP contribution is 2.21. The molecule has 0 saturated carbocycles. The molecule has 208 valence electrons. The lowest BCUT2D eigenvalue weighted by Gasteiger charge is -2.25. The van der Waals surface area contributed by atoms with Gasteiger partial charge in [0.05, 0.1) is 16.8 Å². The number of halogens is 1. The Morgan fingerprint density at radius 2 is 1.50 bits per heavy atom. The summed E-state index contributed by atoms with van der Waals surface area (Å²) < 4.78 is 19.5. The number of aromatic carboxylic acids is 1. The maximum Gasteiger partial charge on any atom is 0.335 e. The van der Waals surface area contributed by atoms with Crippen LogP contribution in [0.2, 0.25) is 0 Å². The first-order valence-corrected chi connectivity index (χ1v) is 12.1. The predicted octanol–water partition coefficient (Wildman–Crippen LogP) is 4.57. The third-order valence-electron chi connectivity index (χ3n) is 5.29. The van der Waals surface area contributed by atoms with Gasteiger partial charge in [-0.25, -0.2) is 14.0 Å². The van der Waals surface area contributed by atoms with Crippen molar-refractivity contribution in [1.82, 2.24) is 4.90 Å². The maximum atomic E-state index is 14.2. The van der Waals surface area contributed by atoms with E-state index in [9.17, 15) is 33.5 Å². The summed E-state index contributed by atoms with van der Waals surface area (Å²) in [6.07, 6.45) is 0. The van der Waals surface area contributed by atoms with Crippen molar-refractivity contribution < 1.29 is 38.2 Å². The molecule has 0 bridgehead atoms. The van der Waals surface area contributed by atoms with Crippen LogP contribution >= 0.6 is 0 Å². The first-order chi connectivity index (χ1) is 18.8. The Hall–Kier alpha value is -5.06. The van der Waals surface area contributed by atoms with Crippen LogP contribution in [0, 0.1) is 5.82 Å². The molecule has 0 aliphatic heterocycles. The average molecular weight is 550 g/mol. The van der Waals surface area contributed by atoms with E-state index in [4.69, 9.17) is 4.74 Å². The van der Waals surface area contributed by atoms with Crippen LogP contribution in [-0.2, 0) is 14.3 Å². The number of rotatable bonds is 9. The maximum absolute atomic E-state index is 14.2. The number of amides is 3. The number of carboxylic acids is 1. The fourth-order valence-electron chi connectivity index (χ4n) is 3.61. The van der Waals surface area contributed by atoms with Gasteiger partial charge in [0.1, 0.15) is 24.5 Å². The number of hydrogen-bond acceptors (Lipinski definition) is 6. The lowest BCUT2D eigenvalue weighted by atomic mass is 10.0. The molecule has 10 nitrogen and oxygen atoms in total. The number of para-hydroxylation sites is 1. The van der Waals surface area contributed by atoms with Gasteiger partial charge in [-0.3, -0.25) is 14.4 Å². The van der Waals surface area contributed by atoms with Crippen LogP contribution in [0.15, 0.2) is 72.8 Å². The van der Waals surface area contributed by atoms with Crippen LogP contribution in [0.1, 0.15) is 47.1 Å². The second-order valence-corrected chi connectivity index (χ2v) is 9.66. The average Bonchev–Trinajstić information content (AvgIpc) is 2.87. The number of ether oxygens (including phenoxy) is 1. The molecule has 0 aromatic heterocycles. The van der Waals surface area contributed by atoms with Gasteiger partial charge in [0.15, 0.2) is 5.78 Å². The van der Waals surface area contributed by atoms with Crippen molar-refractivity contribution in [3.63, 3.8) is 0 Å². The molecule has 0 atom stereocenters. The van der Waals surface area contributed by atoms with E-state index < -0.39 is 54.2 Å². The first-order valence-electron chi connectivity index (χ1n) is 12.1. The van der Waals surface area contributed by atoms with Gasteiger partial charge in [0.25, 0.3) is 0 Å². The van der Waals surface area contributed by atoms with E-state index in [0.29, 0.717) is 0 Å². The summed E-state index contributed by atoms with van der Waals surface area (Å²) in [6, 6.07) is 16.0. The second kappa shape index (κ2) is 12.7. The van der Waals surface area contributed by atoms with Crippen molar-refractivity contribution in [2.45, 2.75) is 26.4 Å². The normalized spacial score (nSPS) is 10.8. The van der Waals surface area contributed by atoms with Crippen molar-refractivity contribution in [2.75, 3.05) is 23.7 Å². The summed E-state index contributed by atoms with van der Waals surface area (Å²) in [5, 5.41) is 14.2. The zero-order valence-electron chi connectivity index (χ0n) is 22.1. The lowest BCUT2D eigenvalue weighted by molar-refractivity contribution is -0.155. The van der Waals surface area contributed by atoms with Gasteiger partial charge in [-0.15, -0.1) is 0 Å². The van der Waals surface area contributed by atoms with Gasteiger partial charge in [0, 0.05) is 11.3 Å². The number of urea groups is 1. The molecule has 3 rings (SSSR count). The monoisotopic (exact) mass is 549 g/mol. The van der Waals surface area contributed by atoms with Gasteiger partial charge < -0.3 is 25.4 Å². The molecule has 0 heterocycles. The number of carbonyl (C=O) groups is 5. The molecule has 40 heavy (non-hydrogen) atoms. The first kappa shape index (κ1) is 29.5. The van der Waals surface area contributed by atoms with Gasteiger partial charge >= 0.3 is 18.0 Å². The molecule has 3 aromatic rings. The number of nitrogens with zero attached hydrogens (tertiary/aromatic N) is 1. The number of benzene rings is 3. The predicted molar refractivity (Wildman–Crippen MR) is 145 cm³/mol. The van der Waals surface area contributed by atoms with Gasteiger partial charge in [-0.2, -0.15) is 0 Å². The van der Waals surface area contributed by atoms with E-state index in [1.807, 2.05) is 0 Å². The molecule has 0 unspecified atom stereocenters. The fraction of sp³-hybridized carbons (Fsp3) is 0.207. The summed E-state index contributed by atoms with van der Waals surface area (Å²) in [4.78, 5) is 63.7. The Labute approximate surface area is 229 Å². The van der Waals surface area contributed by atoms with E-state index in [2.05, 4.69) is 10.6 Å². The van der Waals surface area contributed by atoms with Crippen molar-refractivity contribution in [3.8, 4) is 0 Å². The molecule has 11 heteroatoms. The van der Waals surface area contributed by atoms with Crippen LogP contribution in [0.5, 0.6) is 0 Å². The summed E-state index contributed by atoms with van der Waals surface area (Å²) in [6.45, 7) is 3.69. The van der Waals surface area contributed by atoms with Gasteiger partial charge in [0.2, 0.25) is 5.91 Å². The second-order valence-electron chi connectivity index (χ2n) is 9.66.